The van der Waals surface area contributed by atoms with Gasteiger partial charge in [-0.15, -0.1) is 0 Å². The topological polar surface area (TPSA) is 58.4 Å². The number of carbonyl (C=O) groups is 1. The predicted octanol–water partition coefficient (Wildman–Crippen LogP) is -0.00510. The number of rotatable bonds is 3. The summed E-state index contributed by atoms with van der Waals surface area (Å²) in [5.74, 6) is 0.733. The summed E-state index contributed by atoms with van der Waals surface area (Å²) in [6, 6.07) is -0.0734. The molecule has 0 unspecified atom stereocenters. The van der Waals surface area contributed by atoms with E-state index in [4.69, 9.17) is 5.73 Å². The highest BCUT2D eigenvalue weighted by Crippen LogP contribution is 2.27. The molecule has 12 heavy (non-hydrogen) atoms. The van der Waals surface area contributed by atoms with Crippen LogP contribution in [0, 0.1) is 5.92 Å². The Morgan fingerprint density at radius 3 is 2.58 bits per heavy atom. The maximum Gasteiger partial charge on any atom is 0.312 e. The predicted molar refractivity (Wildman–Crippen MR) is 47.8 cm³/mol. The Kier molecular flexibility index (Phi) is 2.92. The molecular formula is C8H17N3O. The summed E-state index contributed by atoms with van der Waals surface area (Å²) in [6.07, 6.45) is 2.14. The smallest absolute Gasteiger partial charge is 0.312 e. The number of carbonyl (C=O) groups excluding carboxylic acids is 1. The van der Waals surface area contributed by atoms with Crippen LogP contribution in [-0.2, 0) is 0 Å². The molecule has 0 aromatic heterocycles. The first kappa shape index (κ1) is 9.32. The maximum atomic E-state index is 10.4. The van der Waals surface area contributed by atoms with Gasteiger partial charge in [-0.05, 0) is 32.9 Å². The molecule has 0 bridgehead atoms. The van der Waals surface area contributed by atoms with Crippen LogP contribution < -0.4 is 11.1 Å². The van der Waals surface area contributed by atoms with Gasteiger partial charge < -0.3 is 16.0 Å². The first-order chi connectivity index (χ1) is 5.58. The van der Waals surface area contributed by atoms with E-state index in [1.165, 1.54) is 0 Å². The Labute approximate surface area is 73.1 Å². The summed E-state index contributed by atoms with van der Waals surface area (Å²) in [6.45, 7) is 1.11. The lowest BCUT2D eigenvalue weighted by molar-refractivity contribution is 0.175. The molecule has 3 N–H and O–H groups in total. The lowest BCUT2D eigenvalue weighted by Gasteiger charge is -2.36. The van der Waals surface area contributed by atoms with Crippen molar-refractivity contribution < 1.29 is 4.79 Å². The Balaban J connectivity index is 2.08. The van der Waals surface area contributed by atoms with E-state index in [0.717, 1.165) is 25.3 Å². The molecule has 1 rings (SSSR count). The fourth-order valence-electron chi connectivity index (χ4n) is 1.72. The minimum absolute atomic E-state index is 0.326. The van der Waals surface area contributed by atoms with Crippen LogP contribution in [0.4, 0.5) is 4.79 Å². The third kappa shape index (κ3) is 2.70. The Hall–Kier alpha value is -0.770. The van der Waals surface area contributed by atoms with Crippen molar-refractivity contribution in [2.75, 3.05) is 20.6 Å². The number of nitrogens with two attached hydrogens (primary N) is 1. The second-order valence-corrected chi connectivity index (χ2v) is 3.81. The molecule has 0 spiro atoms. The molecule has 1 fully saturated rings. The lowest BCUT2D eigenvalue weighted by atomic mass is 9.80. The number of hydrogen-bond donors (Lipinski definition) is 2. The molecule has 0 radical (unpaired) electrons. The number of hydrogen-bond acceptors (Lipinski definition) is 2. The summed E-state index contributed by atoms with van der Waals surface area (Å²) in [5.41, 5.74) is 4.99. The SMILES string of the molecule is CN(C)CC1CC(NC(N)=O)C1. The van der Waals surface area contributed by atoms with Crippen LogP contribution in [0.15, 0.2) is 0 Å². The molecular weight excluding hydrogens is 154 g/mol. The molecule has 1 saturated carbocycles. The maximum absolute atomic E-state index is 10.4. The molecule has 70 valence electrons. The van der Waals surface area contributed by atoms with E-state index in [1.807, 2.05) is 0 Å². The van der Waals surface area contributed by atoms with Gasteiger partial charge in [-0.3, -0.25) is 0 Å². The van der Waals surface area contributed by atoms with E-state index < -0.39 is 6.03 Å². The molecule has 0 aliphatic heterocycles. The summed E-state index contributed by atoms with van der Waals surface area (Å²) >= 11 is 0. The van der Waals surface area contributed by atoms with Gasteiger partial charge >= 0.3 is 6.03 Å². The van der Waals surface area contributed by atoms with Crippen LogP contribution in [0.25, 0.3) is 0 Å². The van der Waals surface area contributed by atoms with Crippen molar-refractivity contribution in [3.8, 4) is 0 Å². The lowest BCUT2D eigenvalue weighted by Crippen LogP contribution is -2.48. The largest absolute Gasteiger partial charge is 0.352 e. The van der Waals surface area contributed by atoms with Crippen molar-refractivity contribution in [2.45, 2.75) is 18.9 Å². The number of nitrogens with one attached hydrogen (secondary N) is 1. The molecule has 0 saturated heterocycles. The van der Waals surface area contributed by atoms with E-state index in [2.05, 4.69) is 24.3 Å². The second kappa shape index (κ2) is 3.76. The zero-order valence-corrected chi connectivity index (χ0v) is 7.71. The molecule has 0 aromatic rings. The van der Waals surface area contributed by atoms with Gasteiger partial charge in [-0.1, -0.05) is 0 Å². The van der Waals surface area contributed by atoms with E-state index >= 15 is 0 Å². The highest BCUT2D eigenvalue weighted by molar-refractivity contribution is 5.72. The molecule has 1 aliphatic carbocycles. The van der Waals surface area contributed by atoms with Gasteiger partial charge in [0.25, 0.3) is 0 Å². The quantitative estimate of drug-likeness (QED) is 0.627. The van der Waals surface area contributed by atoms with Crippen molar-refractivity contribution in [2.24, 2.45) is 11.7 Å². The molecule has 0 aromatic carbocycles. The normalized spacial score (nSPS) is 28.2. The molecule has 0 heterocycles. The minimum Gasteiger partial charge on any atom is -0.352 e. The summed E-state index contributed by atoms with van der Waals surface area (Å²) in [5, 5.41) is 2.70. The second-order valence-electron chi connectivity index (χ2n) is 3.81. The van der Waals surface area contributed by atoms with Crippen LogP contribution in [0.1, 0.15) is 12.8 Å². The van der Waals surface area contributed by atoms with Gasteiger partial charge in [0.15, 0.2) is 0 Å². The molecule has 1 aliphatic rings. The highest BCUT2D eigenvalue weighted by Gasteiger charge is 2.29. The van der Waals surface area contributed by atoms with E-state index in [9.17, 15) is 4.79 Å². The van der Waals surface area contributed by atoms with Gasteiger partial charge in [0.1, 0.15) is 0 Å². The Morgan fingerprint density at radius 1 is 1.58 bits per heavy atom. The number of primary amides is 1. The standard InChI is InChI=1S/C8H17N3O/c1-11(2)5-6-3-7(4-6)10-8(9)12/h6-7H,3-5H2,1-2H3,(H3,9,10,12). The molecule has 4 nitrogen and oxygen atoms in total. The minimum atomic E-state index is -0.400. The van der Waals surface area contributed by atoms with Gasteiger partial charge in [-0.25, -0.2) is 4.79 Å². The third-order valence-electron chi connectivity index (χ3n) is 2.21. The molecule has 0 atom stereocenters. The summed E-state index contributed by atoms with van der Waals surface area (Å²) in [4.78, 5) is 12.6. The fraction of sp³-hybridized carbons (Fsp3) is 0.875. The van der Waals surface area contributed by atoms with E-state index in [1.54, 1.807) is 0 Å². The average Bonchev–Trinajstić information content (AvgIpc) is 1.80. The Bertz CT molecular complexity index is 164. The summed E-state index contributed by atoms with van der Waals surface area (Å²) in [7, 11) is 4.13. The van der Waals surface area contributed by atoms with Gasteiger partial charge in [-0.2, -0.15) is 0 Å². The highest BCUT2D eigenvalue weighted by atomic mass is 16.2. The van der Waals surface area contributed by atoms with Crippen molar-refractivity contribution in [1.29, 1.82) is 0 Å². The van der Waals surface area contributed by atoms with E-state index in [-0.39, 0.29) is 0 Å². The van der Waals surface area contributed by atoms with Crippen LogP contribution >= 0.6 is 0 Å². The number of nitrogens with zero attached hydrogens (tertiary/aromatic N) is 1. The van der Waals surface area contributed by atoms with Gasteiger partial charge in [0.05, 0.1) is 0 Å². The monoisotopic (exact) mass is 171 g/mol. The van der Waals surface area contributed by atoms with Crippen molar-refractivity contribution in [1.82, 2.24) is 10.2 Å². The summed E-state index contributed by atoms with van der Waals surface area (Å²) < 4.78 is 0. The van der Waals surface area contributed by atoms with Crippen molar-refractivity contribution in [3.05, 3.63) is 0 Å². The fourth-order valence-corrected chi connectivity index (χ4v) is 1.72. The molecule has 4 heteroatoms. The Morgan fingerprint density at radius 2 is 2.17 bits per heavy atom. The van der Waals surface area contributed by atoms with Crippen LogP contribution in [0.2, 0.25) is 0 Å². The molecule has 2 amide bonds. The number of amides is 2. The first-order valence-electron chi connectivity index (χ1n) is 4.28. The van der Waals surface area contributed by atoms with Crippen molar-refractivity contribution in [3.63, 3.8) is 0 Å². The first-order valence-corrected chi connectivity index (χ1v) is 4.28. The van der Waals surface area contributed by atoms with Gasteiger partial charge in [0.2, 0.25) is 0 Å². The van der Waals surface area contributed by atoms with Crippen LogP contribution in [0.3, 0.4) is 0 Å². The van der Waals surface area contributed by atoms with Crippen LogP contribution in [-0.4, -0.2) is 37.6 Å². The van der Waals surface area contributed by atoms with Crippen LogP contribution in [0.5, 0.6) is 0 Å². The number of urea groups is 1. The van der Waals surface area contributed by atoms with Crippen molar-refractivity contribution >= 4 is 6.03 Å². The zero-order valence-electron chi connectivity index (χ0n) is 7.71. The third-order valence-corrected chi connectivity index (χ3v) is 2.21. The van der Waals surface area contributed by atoms with E-state index in [0.29, 0.717) is 6.04 Å². The average molecular weight is 171 g/mol. The van der Waals surface area contributed by atoms with Gasteiger partial charge in [0, 0.05) is 12.6 Å². The zero-order chi connectivity index (χ0) is 9.14.